The second kappa shape index (κ2) is 9.46. The number of carbonyl (C=O) groups excluding carboxylic acids is 2. The lowest BCUT2D eigenvalue weighted by Gasteiger charge is -2.11. The van der Waals surface area contributed by atoms with E-state index < -0.39 is 0 Å². The lowest BCUT2D eigenvalue weighted by Crippen LogP contribution is -2.22. The Bertz CT molecular complexity index is 742. The lowest BCUT2D eigenvalue weighted by molar-refractivity contribution is -0.119. The van der Waals surface area contributed by atoms with Gasteiger partial charge in [0.15, 0.2) is 0 Å². The molecule has 0 heterocycles. The number of rotatable bonds is 8. The molecule has 0 saturated heterocycles. The lowest BCUT2D eigenvalue weighted by atomic mass is 10.2. The monoisotopic (exact) mass is 355 g/mol. The van der Waals surface area contributed by atoms with Crippen molar-refractivity contribution in [3.8, 4) is 5.75 Å². The summed E-state index contributed by atoms with van der Waals surface area (Å²) in [6, 6.07) is 14.5. The van der Waals surface area contributed by atoms with E-state index in [1.165, 1.54) is 0 Å². The summed E-state index contributed by atoms with van der Waals surface area (Å²) >= 11 is 0. The predicted octanol–water partition coefficient (Wildman–Crippen LogP) is 3.73. The molecule has 0 saturated carbocycles. The zero-order valence-corrected chi connectivity index (χ0v) is 15.3. The van der Waals surface area contributed by atoms with Crippen molar-refractivity contribution in [3.63, 3.8) is 0 Å². The Kier molecular flexibility index (Phi) is 7.02. The van der Waals surface area contributed by atoms with Gasteiger partial charge in [0.05, 0.1) is 13.2 Å². The van der Waals surface area contributed by atoms with Crippen LogP contribution in [-0.2, 0) is 9.59 Å². The molecular weight excluding hydrogens is 330 g/mol. The van der Waals surface area contributed by atoms with Gasteiger partial charge in [0.25, 0.3) is 0 Å². The van der Waals surface area contributed by atoms with Gasteiger partial charge in [-0.3, -0.25) is 9.59 Å². The molecular formula is C20H25N3O3. The van der Waals surface area contributed by atoms with Crippen molar-refractivity contribution in [3.05, 3.63) is 48.5 Å². The number of hydrogen-bond acceptors (Lipinski definition) is 4. The minimum absolute atomic E-state index is 0.0642. The standard InChI is InChI=1S/C20H25N3O3/c1-4-26-18-10-8-15(9-11-18)21-13-19(24)22-16-6-5-7-17(12-16)23-20(25)14(2)3/h5-12,14,21H,4,13H2,1-3H3,(H,22,24)(H,23,25). The Morgan fingerprint density at radius 1 is 0.962 bits per heavy atom. The van der Waals surface area contributed by atoms with Gasteiger partial charge in [0, 0.05) is 23.0 Å². The van der Waals surface area contributed by atoms with Gasteiger partial charge in [-0.05, 0) is 49.4 Å². The fourth-order valence-electron chi connectivity index (χ4n) is 2.18. The third kappa shape index (κ3) is 6.12. The predicted molar refractivity (Wildman–Crippen MR) is 105 cm³/mol. The fourth-order valence-corrected chi connectivity index (χ4v) is 2.18. The Hall–Kier alpha value is -3.02. The van der Waals surface area contributed by atoms with E-state index in [1.807, 2.05) is 45.0 Å². The average Bonchev–Trinajstić information content (AvgIpc) is 2.61. The summed E-state index contributed by atoms with van der Waals surface area (Å²) in [4.78, 5) is 23.9. The first-order valence-electron chi connectivity index (χ1n) is 8.65. The van der Waals surface area contributed by atoms with Crippen molar-refractivity contribution in [2.24, 2.45) is 5.92 Å². The molecule has 0 aliphatic rings. The van der Waals surface area contributed by atoms with Crippen molar-refractivity contribution in [2.45, 2.75) is 20.8 Å². The van der Waals surface area contributed by atoms with E-state index in [2.05, 4.69) is 16.0 Å². The van der Waals surface area contributed by atoms with Crippen molar-refractivity contribution in [1.82, 2.24) is 0 Å². The summed E-state index contributed by atoms with van der Waals surface area (Å²) in [5, 5.41) is 8.68. The molecule has 6 heteroatoms. The molecule has 0 atom stereocenters. The normalized spacial score (nSPS) is 10.3. The SMILES string of the molecule is CCOc1ccc(NCC(=O)Nc2cccc(NC(=O)C(C)C)c2)cc1. The minimum Gasteiger partial charge on any atom is -0.494 e. The third-order valence-electron chi connectivity index (χ3n) is 3.56. The molecule has 2 amide bonds. The van der Waals surface area contributed by atoms with E-state index >= 15 is 0 Å². The first kappa shape index (κ1) is 19.3. The molecule has 3 N–H and O–H groups in total. The molecule has 2 aromatic rings. The second-order valence-electron chi connectivity index (χ2n) is 6.08. The topological polar surface area (TPSA) is 79.5 Å². The van der Waals surface area contributed by atoms with E-state index in [9.17, 15) is 9.59 Å². The van der Waals surface area contributed by atoms with E-state index in [-0.39, 0.29) is 24.3 Å². The van der Waals surface area contributed by atoms with Crippen LogP contribution >= 0.6 is 0 Å². The first-order valence-corrected chi connectivity index (χ1v) is 8.65. The van der Waals surface area contributed by atoms with Crippen molar-refractivity contribution < 1.29 is 14.3 Å². The molecule has 0 fully saturated rings. The van der Waals surface area contributed by atoms with Crippen LogP contribution in [0.25, 0.3) is 0 Å². The molecule has 2 rings (SSSR count). The first-order chi connectivity index (χ1) is 12.5. The van der Waals surface area contributed by atoms with Crippen LogP contribution in [0.5, 0.6) is 5.75 Å². The minimum atomic E-state index is -0.175. The quantitative estimate of drug-likeness (QED) is 0.674. The van der Waals surface area contributed by atoms with Gasteiger partial charge in [-0.15, -0.1) is 0 Å². The van der Waals surface area contributed by atoms with Crippen LogP contribution in [0.4, 0.5) is 17.1 Å². The maximum atomic E-state index is 12.1. The number of hydrogen-bond donors (Lipinski definition) is 3. The van der Waals surface area contributed by atoms with Gasteiger partial charge in [-0.25, -0.2) is 0 Å². The Balaban J connectivity index is 1.86. The van der Waals surface area contributed by atoms with Crippen molar-refractivity contribution in [1.29, 1.82) is 0 Å². The van der Waals surface area contributed by atoms with Crippen molar-refractivity contribution in [2.75, 3.05) is 29.1 Å². The second-order valence-corrected chi connectivity index (χ2v) is 6.08. The van der Waals surface area contributed by atoms with E-state index in [1.54, 1.807) is 24.3 Å². The molecule has 138 valence electrons. The molecule has 0 radical (unpaired) electrons. The van der Waals surface area contributed by atoms with Gasteiger partial charge in [-0.2, -0.15) is 0 Å². The summed E-state index contributed by atoms with van der Waals surface area (Å²) < 4.78 is 5.38. The maximum absolute atomic E-state index is 12.1. The zero-order chi connectivity index (χ0) is 18.9. The molecule has 0 aliphatic heterocycles. The molecule has 2 aromatic carbocycles. The Morgan fingerprint density at radius 3 is 2.23 bits per heavy atom. The third-order valence-corrected chi connectivity index (χ3v) is 3.56. The number of nitrogens with one attached hydrogen (secondary N) is 3. The van der Waals surface area contributed by atoms with Crippen LogP contribution in [0.2, 0.25) is 0 Å². The molecule has 6 nitrogen and oxygen atoms in total. The molecule has 0 spiro atoms. The van der Waals surface area contributed by atoms with Crippen LogP contribution in [0.1, 0.15) is 20.8 Å². The van der Waals surface area contributed by atoms with Crippen molar-refractivity contribution >= 4 is 28.9 Å². The number of amides is 2. The highest BCUT2D eigenvalue weighted by molar-refractivity contribution is 5.96. The van der Waals surface area contributed by atoms with E-state index in [4.69, 9.17) is 4.74 Å². The van der Waals surface area contributed by atoms with Crippen LogP contribution in [-0.4, -0.2) is 25.0 Å². The van der Waals surface area contributed by atoms with Gasteiger partial charge in [0.1, 0.15) is 5.75 Å². The number of ether oxygens (including phenoxy) is 1. The van der Waals surface area contributed by atoms with Gasteiger partial charge in [-0.1, -0.05) is 19.9 Å². The van der Waals surface area contributed by atoms with Crippen LogP contribution in [0.15, 0.2) is 48.5 Å². The molecule has 0 aromatic heterocycles. The average molecular weight is 355 g/mol. The van der Waals surface area contributed by atoms with Gasteiger partial charge in [0.2, 0.25) is 11.8 Å². The van der Waals surface area contributed by atoms with Crippen LogP contribution in [0.3, 0.4) is 0 Å². The zero-order valence-electron chi connectivity index (χ0n) is 15.3. The van der Waals surface area contributed by atoms with Crippen LogP contribution in [0, 0.1) is 5.92 Å². The summed E-state index contributed by atoms with van der Waals surface area (Å²) in [5.41, 5.74) is 2.12. The van der Waals surface area contributed by atoms with Gasteiger partial charge < -0.3 is 20.7 Å². The summed E-state index contributed by atoms with van der Waals surface area (Å²) in [5.74, 6) is 0.450. The highest BCUT2D eigenvalue weighted by Gasteiger charge is 2.08. The fraction of sp³-hybridized carbons (Fsp3) is 0.300. The Morgan fingerprint density at radius 2 is 1.62 bits per heavy atom. The van der Waals surface area contributed by atoms with E-state index in [0.717, 1.165) is 11.4 Å². The Labute approximate surface area is 153 Å². The summed E-state index contributed by atoms with van der Waals surface area (Å²) in [7, 11) is 0. The van der Waals surface area contributed by atoms with E-state index in [0.29, 0.717) is 18.0 Å². The van der Waals surface area contributed by atoms with Gasteiger partial charge >= 0.3 is 0 Å². The smallest absolute Gasteiger partial charge is 0.243 e. The number of carbonyl (C=O) groups is 2. The highest BCUT2D eigenvalue weighted by Crippen LogP contribution is 2.17. The highest BCUT2D eigenvalue weighted by atomic mass is 16.5. The van der Waals surface area contributed by atoms with Crippen LogP contribution < -0.4 is 20.7 Å². The largest absolute Gasteiger partial charge is 0.494 e. The molecule has 0 unspecified atom stereocenters. The number of benzene rings is 2. The summed E-state index contributed by atoms with van der Waals surface area (Å²) in [6.45, 7) is 6.34. The molecule has 0 aliphatic carbocycles. The molecule has 26 heavy (non-hydrogen) atoms. The maximum Gasteiger partial charge on any atom is 0.243 e. The summed E-state index contributed by atoms with van der Waals surface area (Å²) in [6.07, 6.45) is 0. The molecule has 0 bridgehead atoms. The number of anilines is 3.